The van der Waals surface area contributed by atoms with Crippen molar-refractivity contribution in [2.75, 3.05) is 19.8 Å². The Hall–Kier alpha value is -0.410. The normalized spacial score (nSPS) is 16.4. The van der Waals surface area contributed by atoms with Crippen molar-refractivity contribution in [3.8, 4) is 0 Å². The summed E-state index contributed by atoms with van der Waals surface area (Å²) in [7, 11) is 0. The average Bonchev–Trinajstić information content (AvgIpc) is 2.35. The van der Waals surface area contributed by atoms with E-state index in [0.29, 0.717) is 25.7 Å². The topological polar surface area (TPSA) is 35.5 Å². The molecule has 0 N–H and O–H groups in total. The third-order valence-corrected chi connectivity index (χ3v) is 3.14. The van der Waals surface area contributed by atoms with E-state index in [4.69, 9.17) is 9.47 Å². The smallest absolute Gasteiger partial charge is 0.169 e. The van der Waals surface area contributed by atoms with Gasteiger partial charge in [0, 0.05) is 19.1 Å². The Labute approximate surface area is 119 Å². The van der Waals surface area contributed by atoms with Crippen LogP contribution in [0.25, 0.3) is 0 Å². The van der Waals surface area contributed by atoms with Crippen LogP contribution in [0.2, 0.25) is 0 Å². The summed E-state index contributed by atoms with van der Waals surface area (Å²) < 4.78 is 11.4. The van der Waals surface area contributed by atoms with Gasteiger partial charge in [-0.25, -0.2) is 0 Å². The number of Topliss-reactive ketones (excluding diaryl/α,β-unsaturated/α-hetero) is 1. The molecule has 0 unspecified atom stereocenters. The monoisotopic (exact) mass is 272 g/mol. The maximum Gasteiger partial charge on any atom is 0.169 e. The molecule has 0 saturated heterocycles. The first-order chi connectivity index (χ1) is 8.87. The highest BCUT2D eigenvalue weighted by atomic mass is 16.5. The van der Waals surface area contributed by atoms with Crippen molar-refractivity contribution in [2.45, 2.75) is 66.4 Å². The van der Waals surface area contributed by atoms with Gasteiger partial charge in [-0.15, -0.1) is 0 Å². The highest BCUT2D eigenvalue weighted by Crippen LogP contribution is 2.23. The lowest BCUT2D eigenvalue weighted by Crippen LogP contribution is -2.46. The van der Waals surface area contributed by atoms with Gasteiger partial charge in [-0.2, -0.15) is 0 Å². The van der Waals surface area contributed by atoms with Crippen molar-refractivity contribution in [3.05, 3.63) is 0 Å². The van der Waals surface area contributed by atoms with Crippen molar-refractivity contribution in [1.82, 2.24) is 0 Å². The fourth-order valence-corrected chi connectivity index (χ4v) is 2.26. The summed E-state index contributed by atoms with van der Waals surface area (Å²) in [4.78, 5) is 12.6. The molecule has 0 aliphatic heterocycles. The molecule has 19 heavy (non-hydrogen) atoms. The molecule has 3 nitrogen and oxygen atoms in total. The molecule has 0 rings (SSSR count). The zero-order valence-corrected chi connectivity index (χ0v) is 13.6. The Bertz CT molecular complexity index is 250. The van der Waals surface area contributed by atoms with Gasteiger partial charge in [-0.3, -0.25) is 4.79 Å². The summed E-state index contributed by atoms with van der Waals surface area (Å²) in [5.74, 6) is 0.712. The van der Waals surface area contributed by atoms with Gasteiger partial charge in [0.25, 0.3) is 0 Å². The van der Waals surface area contributed by atoms with Crippen molar-refractivity contribution in [3.63, 3.8) is 0 Å². The fourth-order valence-electron chi connectivity index (χ4n) is 2.26. The average molecular weight is 272 g/mol. The van der Waals surface area contributed by atoms with Crippen LogP contribution in [0.3, 0.4) is 0 Å². The van der Waals surface area contributed by atoms with Gasteiger partial charge >= 0.3 is 0 Å². The molecule has 0 radical (unpaired) electrons. The molecule has 0 aromatic heterocycles. The standard InChI is InChI=1S/C16H32O3/c1-7-9-18-12-16(6,19-10-8-2)15(17)14(5)11-13(3)4/h13-14H,7-12H2,1-6H3/t14-,16+/m0/s1. The molecule has 0 aromatic carbocycles. The van der Waals surface area contributed by atoms with Crippen LogP contribution in [0, 0.1) is 11.8 Å². The second-order valence-electron chi connectivity index (χ2n) is 6.03. The van der Waals surface area contributed by atoms with Crippen LogP contribution in [0.4, 0.5) is 0 Å². The lowest BCUT2D eigenvalue weighted by atomic mass is 9.86. The molecule has 0 bridgehead atoms. The zero-order chi connectivity index (χ0) is 14.9. The lowest BCUT2D eigenvalue weighted by Gasteiger charge is -2.31. The van der Waals surface area contributed by atoms with Gasteiger partial charge in [0.05, 0.1) is 6.61 Å². The highest BCUT2D eigenvalue weighted by Gasteiger charge is 2.37. The van der Waals surface area contributed by atoms with E-state index in [1.54, 1.807) is 0 Å². The zero-order valence-electron chi connectivity index (χ0n) is 13.6. The molecular weight excluding hydrogens is 240 g/mol. The Morgan fingerprint density at radius 1 is 1.11 bits per heavy atom. The van der Waals surface area contributed by atoms with Gasteiger partial charge in [-0.05, 0) is 32.1 Å². The summed E-state index contributed by atoms with van der Waals surface area (Å²) in [5.41, 5.74) is -0.792. The molecule has 114 valence electrons. The van der Waals surface area contributed by atoms with Crippen molar-refractivity contribution in [1.29, 1.82) is 0 Å². The number of carbonyl (C=O) groups excluding carboxylic acids is 1. The van der Waals surface area contributed by atoms with E-state index in [1.807, 2.05) is 13.8 Å². The minimum absolute atomic E-state index is 0.0204. The predicted molar refractivity (Wildman–Crippen MR) is 79.4 cm³/mol. The molecule has 0 aliphatic rings. The Kier molecular flexibility index (Phi) is 9.28. The molecule has 0 heterocycles. The van der Waals surface area contributed by atoms with Gasteiger partial charge in [0.15, 0.2) is 5.78 Å². The summed E-state index contributed by atoms with van der Waals surface area (Å²) in [5, 5.41) is 0. The first-order valence-corrected chi connectivity index (χ1v) is 7.63. The Morgan fingerprint density at radius 2 is 1.68 bits per heavy atom. The number of carbonyl (C=O) groups is 1. The SMILES string of the molecule is CCCOC[C@@](C)(OCCC)C(=O)[C@@H](C)CC(C)C. The first-order valence-electron chi connectivity index (χ1n) is 7.63. The first kappa shape index (κ1) is 18.6. The Morgan fingerprint density at radius 3 is 2.16 bits per heavy atom. The number of hydrogen-bond acceptors (Lipinski definition) is 3. The molecule has 0 aliphatic carbocycles. The highest BCUT2D eigenvalue weighted by molar-refractivity contribution is 5.89. The second-order valence-corrected chi connectivity index (χ2v) is 6.03. The van der Waals surface area contributed by atoms with E-state index in [2.05, 4.69) is 27.7 Å². The lowest BCUT2D eigenvalue weighted by molar-refractivity contribution is -0.155. The van der Waals surface area contributed by atoms with E-state index in [-0.39, 0.29) is 11.7 Å². The number of rotatable bonds is 11. The van der Waals surface area contributed by atoms with Crippen molar-refractivity contribution >= 4 is 5.78 Å². The maximum atomic E-state index is 12.6. The van der Waals surface area contributed by atoms with Gasteiger partial charge < -0.3 is 9.47 Å². The van der Waals surface area contributed by atoms with Crippen LogP contribution in [0.5, 0.6) is 0 Å². The minimum atomic E-state index is -0.792. The van der Waals surface area contributed by atoms with Crippen molar-refractivity contribution in [2.24, 2.45) is 11.8 Å². The predicted octanol–water partition coefficient (Wildman–Crippen LogP) is 3.85. The van der Waals surface area contributed by atoms with Crippen LogP contribution >= 0.6 is 0 Å². The van der Waals surface area contributed by atoms with E-state index < -0.39 is 5.60 Å². The van der Waals surface area contributed by atoms with E-state index in [1.165, 1.54) is 0 Å². The molecule has 2 atom stereocenters. The van der Waals surface area contributed by atoms with Crippen LogP contribution in [0.15, 0.2) is 0 Å². The number of hydrogen-bond donors (Lipinski definition) is 0. The quantitative estimate of drug-likeness (QED) is 0.536. The Balaban J connectivity index is 4.64. The van der Waals surface area contributed by atoms with Crippen LogP contribution in [-0.4, -0.2) is 31.2 Å². The summed E-state index contributed by atoms with van der Waals surface area (Å²) >= 11 is 0. The van der Waals surface area contributed by atoms with E-state index >= 15 is 0 Å². The van der Waals surface area contributed by atoms with Crippen LogP contribution in [0.1, 0.15) is 60.8 Å². The summed E-state index contributed by atoms with van der Waals surface area (Å²) in [6, 6.07) is 0. The molecule has 0 spiro atoms. The molecule has 0 aromatic rings. The van der Waals surface area contributed by atoms with E-state index in [0.717, 1.165) is 19.3 Å². The van der Waals surface area contributed by atoms with Gasteiger partial charge in [0.1, 0.15) is 5.60 Å². The number of ether oxygens (including phenoxy) is 2. The van der Waals surface area contributed by atoms with E-state index in [9.17, 15) is 4.79 Å². The molecule has 0 saturated carbocycles. The maximum absolute atomic E-state index is 12.6. The molecule has 3 heteroatoms. The van der Waals surface area contributed by atoms with Crippen LogP contribution < -0.4 is 0 Å². The molecular formula is C16H32O3. The minimum Gasteiger partial charge on any atom is -0.378 e. The fraction of sp³-hybridized carbons (Fsp3) is 0.938. The van der Waals surface area contributed by atoms with Gasteiger partial charge in [0.2, 0.25) is 0 Å². The van der Waals surface area contributed by atoms with Gasteiger partial charge in [-0.1, -0.05) is 34.6 Å². The summed E-state index contributed by atoms with van der Waals surface area (Å²) in [6.07, 6.45) is 2.77. The third kappa shape index (κ3) is 7.07. The molecule has 0 amide bonds. The largest absolute Gasteiger partial charge is 0.378 e. The third-order valence-electron chi connectivity index (χ3n) is 3.14. The van der Waals surface area contributed by atoms with Crippen molar-refractivity contribution < 1.29 is 14.3 Å². The second kappa shape index (κ2) is 9.49. The number of ketones is 1. The molecule has 0 fully saturated rings. The summed E-state index contributed by atoms with van der Waals surface area (Å²) in [6.45, 7) is 13.9. The van der Waals surface area contributed by atoms with Crippen LogP contribution in [-0.2, 0) is 14.3 Å².